The summed E-state index contributed by atoms with van der Waals surface area (Å²) < 4.78 is 28.7. The molecule has 0 atom stereocenters. The minimum Gasteiger partial charge on any atom is -0.387 e. The van der Waals surface area contributed by atoms with Crippen molar-refractivity contribution in [2.45, 2.75) is 4.21 Å². The van der Waals surface area contributed by atoms with E-state index in [1.807, 2.05) is 4.72 Å². The van der Waals surface area contributed by atoms with Gasteiger partial charge in [-0.1, -0.05) is 11.6 Å². The van der Waals surface area contributed by atoms with E-state index in [9.17, 15) is 18.0 Å². The van der Waals surface area contributed by atoms with Crippen molar-refractivity contribution in [2.24, 2.45) is 0 Å². The molecule has 0 radical (unpaired) electrons. The molecule has 4 rings (SSSR count). The lowest BCUT2D eigenvalue weighted by atomic mass is 10.2. The molecule has 0 bridgehead atoms. The second-order valence-corrected chi connectivity index (χ2v) is 11.2. The van der Waals surface area contributed by atoms with Crippen LogP contribution in [-0.4, -0.2) is 31.0 Å². The van der Waals surface area contributed by atoms with Gasteiger partial charge >= 0.3 is 6.03 Å². The molecule has 13 heteroatoms. The number of carbonyl (C=O) groups excluding carboxylic acids is 1. The highest BCUT2D eigenvalue weighted by Crippen LogP contribution is 2.26. The standard InChI is InChI=1S/C20H15BrClN5O4S2/c1-23-16-9-15-13(8-14(16)21)19(28)27(10-24-15)12-4-2-11(3-5-12)25-20(29)26-33(30,31)18-7-6-17(22)32-18/h2-10,23H,1H3,(H2,25,26,29). The summed E-state index contributed by atoms with van der Waals surface area (Å²) in [7, 11) is -2.26. The Hall–Kier alpha value is -2.93. The van der Waals surface area contributed by atoms with Crippen LogP contribution in [-0.2, 0) is 10.0 Å². The Balaban J connectivity index is 1.54. The van der Waals surface area contributed by atoms with E-state index in [1.54, 1.807) is 43.4 Å². The van der Waals surface area contributed by atoms with Gasteiger partial charge in [-0.25, -0.2) is 22.9 Å². The van der Waals surface area contributed by atoms with Crippen LogP contribution < -0.4 is 20.9 Å². The predicted octanol–water partition coefficient (Wildman–Crippen LogP) is 4.42. The molecule has 170 valence electrons. The molecule has 0 fully saturated rings. The van der Waals surface area contributed by atoms with E-state index in [-0.39, 0.29) is 9.77 Å². The maximum atomic E-state index is 13.0. The van der Waals surface area contributed by atoms with Gasteiger partial charge < -0.3 is 10.6 Å². The molecule has 33 heavy (non-hydrogen) atoms. The summed E-state index contributed by atoms with van der Waals surface area (Å²) in [5.74, 6) is 0. The zero-order valence-electron chi connectivity index (χ0n) is 16.8. The van der Waals surface area contributed by atoms with Crippen LogP contribution in [0.2, 0.25) is 4.34 Å². The van der Waals surface area contributed by atoms with Crippen LogP contribution in [0.1, 0.15) is 0 Å². The number of carbonyl (C=O) groups is 1. The molecular weight excluding hydrogens is 554 g/mol. The largest absolute Gasteiger partial charge is 0.387 e. The van der Waals surface area contributed by atoms with Crippen molar-refractivity contribution < 1.29 is 13.2 Å². The minimum atomic E-state index is -4.03. The van der Waals surface area contributed by atoms with Gasteiger partial charge in [0.25, 0.3) is 15.6 Å². The van der Waals surface area contributed by atoms with Crippen molar-refractivity contribution in [3.63, 3.8) is 0 Å². The fourth-order valence-electron chi connectivity index (χ4n) is 2.99. The number of nitrogens with one attached hydrogen (secondary N) is 3. The number of urea groups is 1. The number of aromatic nitrogens is 2. The van der Waals surface area contributed by atoms with Crippen LogP contribution in [0.25, 0.3) is 16.6 Å². The van der Waals surface area contributed by atoms with E-state index in [4.69, 9.17) is 11.6 Å². The highest BCUT2D eigenvalue weighted by Gasteiger charge is 2.20. The van der Waals surface area contributed by atoms with Gasteiger partial charge in [0.1, 0.15) is 10.5 Å². The zero-order valence-corrected chi connectivity index (χ0v) is 20.8. The van der Waals surface area contributed by atoms with Crippen LogP contribution in [0, 0.1) is 0 Å². The van der Waals surface area contributed by atoms with Gasteiger partial charge in [-0.3, -0.25) is 9.36 Å². The molecule has 0 saturated heterocycles. The monoisotopic (exact) mass is 567 g/mol. The Kier molecular flexibility index (Phi) is 6.43. The quantitative estimate of drug-likeness (QED) is 0.328. The smallest absolute Gasteiger partial charge is 0.333 e. The number of fused-ring (bicyclic) bond motifs is 1. The Morgan fingerprint density at radius 2 is 1.88 bits per heavy atom. The lowest BCUT2D eigenvalue weighted by Gasteiger charge is -2.11. The van der Waals surface area contributed by atoms with E-state index >= 15 is 0 Å². The van der Waals surface area contributed by atoms with Gasteiger partial charge in [-0.2, -0.15) is 0 Å². The van der Waals surface area contributed by atoms with Crippen LogP contribution >= 0.6 is 38.9 Å². The SMILES string of the molecule is CNc1cc2ncn(-c3ccc(NC(=O)NS(=O)(=O)c4ccc(Cl)s4)cc3)c(=O)c2cc1Br. The molecule has 9 nitrogen and oxygen atoms in total. The number of sulfonamides is 1. The molecule has 2 aromatic carbocycles. The summed E-state index contributed by atoms with van der Waals surface area (Å²) >= 11 is 10.0. The third-order valence-electron chi connectivity index (χ3n) is 4.56. The van der Waals surface area contributed by atoms with Crippen LogP contribution in [0.5, 0.6) is 0 Å². The first-order chi connectivity index (χ1) is 15.7. The van der Waals surface area contributed by atoms with Gasteiger partial charge in [0.15, 0.2) is 0 Å². The molecular formula is C20H15BrClN5O4S2. The summed E-state index contributed by atoms with van der Waals surface area (Å²) in [5, 5.41) is 5.90. The van der Waals surface area contributed by atoms with Gasteiger partial charge in [-0.05, 0) is 64.5 Å². The van der Waals surface area contributed by atoms with E-state index < -0.39 is 16.1 Å². The van der Waals surface area contributed by atoms with Gasteiger partial charge in [0, 0.05) is 17.2 Å². The maximum absolute atomic E-state index is 13.0. The second-order valence-electron chi connectivity index (χ2n) is 6.68. The normalized spacial score (nSPS) is 11.4. The van der Waals surface area contributed by atoms with E-state index in [2.05, 4.69) is 31.5 Å². The first-order valence-electron chi connectivity index (χ1n) is 9.26. The molecule has 0 spiro atoms. The minimum absolute atomic E-state index is 0.0744. The Bertz CT molecular complexity index is 1530. The lowest BCUT2D eigenvalue weighted by Crippen LogP contribution is -2.33. The van der Waals surface area contributed by atoms with Crippen molar-refractivity contribution in [3.05, 3.63) is 74.0 Å². The molecule has 0 aliphatic heterocycles. The first kappa shape index (κ1) is 23.2. The molecule has 2 heterocycles. The highest BCUT2D eigenvalue weighted by molar-refractivity contribution is 9.10. The maximum Gasteiger partial charge on any atom is 0.333 e. The summed E-state index contributed by atoms with van der Waals surface area (Å²) in [6, 6.07) is 11.6. The molecule has 4 aromatic rings. The summed E-state index contributed by atoms with van der Waals surface area (Å²) in [6.45, 7) is 0. The predicted molar refractivity (Wildman–Crippen MR) is 133 cm³/mol. The third kappa shape index (κ3) is 4.88. The van der Waals surface area contributed by atoms with Crippen LogP contribution in [0.4, 0.5) is 16.2 Å². The number of nitrogens with zero attached hydrogens (tertiary/aromatic N) is 2. The number of thiophene rings is 1. The topological polar surface area (TPSA) is 122 Å². The number of hydrogen-bond acceptors (Lipinski definition) is 7. The number of rotatable bonds is 5. The fourth-order valence-corrected chi connectivity index (χ4v) is 5.93. The number of halogens is 2. The Labute approximate surface area is 205 Å². The van der Waals surface area contributed by atoms with Crippen molar-refractivity contribution >= 4 is 77.2 Å². The van der Waals surface area contributed by atoms with E-state index in [1.165, 1.54) is 23.0 Å². The molecule has 2 aromatic heterocycles. The van der Waals surface area contributed by atoms with Crippen molar-refractivity contribution in [3.8, 4) is 5.69 Å². The summed E-state index contributed by atoms with van der Waals surface area (Å²) in [4.78, 5) is 29.5. The van der Waals surface area contributed by atoms with Gasteiger partial charge in [0.05, 0.1) is 26.6 Å². The summed E-state index contributed by atoms with van der Waals surface area (Å²) in [5.41, 5.74) is 1.95. The van der Waals surface area contributed by atoms with E-state index in [0.29, 0.717) is 26.6 Å². The molecule has 0 saturated carbocycles. The Morgan fingerprint density at radius 3 is 2.52 bits per heavy atom. The number of amides is 2. The van der Waals surface area contributed by atoms with Crippen molar-refractivity contribution in [2.75, 3.05) is 17.7 Å². The zero-order chi connectivity index (χ0) is 23.8. The molecule has 0 aliphatic rings. The fraction of sp³-hybridized carbons (Fsp3) is 0.0500. The van der Waals surface area contributed by atoms with Crippen LogP contribution in [0.15, 0.2) is 68.3 Å². The molecule has 3 N–H and O–H groups in total. The van der Waals surface area contributed by atoms with Crippen molar-refractivity contribution in [1.82, 2.24) is 14.3 Å². The van der Waals surface area contributed by atoms with Gasteiger partial charge in [0.2, 0.25) is 0 Å². The molecule has 2 amide bonds. The first-order valence-corrected chi connectivity index (χ1v) is 12.7. The highest BCUT2D eigenvalue weighted by atomic mass is 79.9. The molecule has 0 aliphatic carbocycles. The van der Waals surface area contributed by atoms with Crippen molar-refractivity contribution in [1.29, 1.82) is 0 Å². The third-order valence-corrected chi connectivity index (χ3v) is 8.27. The van der Waals surface area contributed by atoms with Crippen LogP contribution in [0.3, 0.4) is 0 Å². The average molecular weight is 569 g/mol. The number of benzene rings is 2. The number of hydrogen-bond donors (Lipinski definition) is 3. The summed E-state index contributed by atoms with van der Waals surface area (Å²) in [6.07, 6.45) is 1.42. The number of anilines is 2. The second kappa shape index (κ2) is 9.14. The Morgan fingerprint density at radius 1 is 1.15 bits per heavy atom. The van der Waals surface area contributed by atoms with Gasteiger partial charge in [-0.15, -0.1) is 11.3 Å². The van der Waals surface area contributed by atoms with E-state index in [0.717, 1.165) is 21.5 Å². The average Bonchev–Trinajstić information content (AvgIpc) is 3.22. The molecule has 0 unspecified atom stereocenters. The lowest BCUT2D eigenvalue weighted by molar-refractivity contribution is 0.256.